The van der Waals surface area contributed by atoms with Crippen molar-refractivity contribution in [3.8, 4) is 11.1 Å². The molecule has 162 valence electrons. The molecule has 0 atom stereocenters. The number of carbonyl (C=O) groups is 1. The van der Waals surface area contributed by atoms with Crippen molar-refractivity contribution in [2.24, 2.45) is 22.7 Å². The Bertz CT molecular complexity index is 1100. The van der Waals surface area contributed by atoms with Crippen LogP contribution in [0.25, 0.3) is 22.0 Å². The van der Waals surface area contributed by atoms with E-state index in [2.05, 4.69) is 80.9 Å². The van der Waals surface area contributed by atoms with Gasteiger partial charge in [0.1, 0.15) is 0 Å². The Kier molecular flexibility index (Phi) is 4.86. The lowest BCUT2D eigenvalue weighted by Gasteiger charge is -2.22. The summed E-state index contributed by atoms with van der Waals surface area (Å²) in [4.78, 5) is 13.8. The van der Waals surface area contributed by atoms with Gasteiger partial charge < -0.3 is 9.30 Å². The van der Waals surface area contributed by atoms with Crippen molar-refractivity contribution >= 4 is 16.7 Å². The summed E-state index contributed by atoms with van der Waals surface area (Å²) in [6, 6.07) is 17.1. The number of aromatic nitrogens is 1. The van der Waals surface area contributed by atoms with Gasteiger partial charge in [0.15, 0.2) is 5.78 Å². The molecule has 0 N–H and O–H groups in total. The fraction of sp³-hybridized carbons (Fsp3) is 0.464. The van der Waals surface area contributed by atoms with Crippen molar-refractivity contribution in [3.63, 3.8) is 0 Å². The van der Waals surface area contributed by atoms with Crippen molar-refractivity contribution in [2.45, 2.75) is 47.1 Å². The van der Waals surface area contributed by atoms with Crippen LogP contribution in [-0.2, 0) is 11.3 Å². The van der Waals surface area contributed by atoms with E-state index in [0.29, 0.717) is 11.7 Å². The van der Waals surface area contributed by atoms with Crippen LogP contribution in [-0.4, -0.2) is 23.6 Å². The molecule has 2 fully saturated rings. The molecule has 0 spiro atoms. The van der Waals surface area contributed by atoms with Crippen molar-refractivity contribution in [2.75, 3.05) is 13.2 Å². The molecule has 3 aromatic rings. The molecule has 31 heavy (non-hydrogen) atoms. The second-order valence-electron chi connectivity index (χ2n) is 10.6. The van der Waals surface area contributed by atoms with Crippen LogP contribution in [0.15, 0.2) is 54.7 Å². The van der Waals surface area contributed by atoms with E-state index in [1.54, 1.807) is 0 Å². The summed E-state index contributed by atoms with van der Waals surface area (Å²) in [6.45, 7) is 11.6. The van der Waals surface area contributed by atoms with Gasteiger partial charge in [-0.25, -0.2) is 0 Å². The van der Waals surface area contributed by atoms with Crippen molar-refractivity contribution in [3.05, 3.63) is 60.3 Å². The first-order valence-electron chi connectivity index (χ1n) is 11.6. The first-order valence-corrected chi connectivity index (χ1v) is 11.6. The molecule has 3 heteroatoms. The predicted octanol–water partition coefficient (Wildman–Crippen LogP) is 6.60. The number of nitrogens with zero attached hydrogens (tertiary/aromatic N) is 1. The minimum Gasteiger partial charge on any atom is -0.381 e. The Labute approximate surface area is 185 Å². The summed E-state index contributed by atoms with van der Waals surface area (Å²) >= 11 is 0. The average Bonchev–Trinajstić information content (AvgIpc) is 3.02. The number of hydrogen-bond acceptors (Lipinski definition) is 2. The molecule has 1 saturated carbocycles. The zero-order valence-electron chi connectivity index (χ0n) is 19.2. The van der Waals surface area contributed by atoms with E-state index < -0.39 is 0 Å². The SMILES string of the molecule is CC1(C)C(C(=O)c2cn(CC3CCOCC3)c3ccc(-c4ccccc4)cc23)C1(C)C. The zero-order valence-corrected chi connectivity index (χ0v) is 19.2. The molecule has 2 heterocycles. The van der Waals surface area contributed by atoms with Gasteiger partial charge in [0.2, 0.25) is 0 Å². The van der Waals surface area contributed by atoms with E-state index in [4.69, 9.17) is 4.74 Å². The molecule has 3 nitrogen and oxygen atoms in total. The van der Waals surface area contributed by atoms with E-state index >= 15 is 0 Å². The quantitative estimate of drug-likeness (QED) is 0.440. The highest BCUT2D eigenvalue weighted by Gasteiger charge is 2.68. The van der Waals surface area contributed by atoms with E-state index in [1.165, 1.54) is 16.6 Å². The van der Waals surface area contributed by atoms with Gasteiger partial charge in [-0.3, -0.25) is 4.79 Å². The highest BCUT2D eigenvalue weighted by atomic mass is 16.5. The van der Waals surface area contributed by atoms with Crippen molar-refractivity contribution < 1.29 is 9.53 Å². The van der Waals surface area contributed by atoms with Crippen LogP contribution in [0.5, 0.6) is 0 Å². The molecule has 0 unspecified atom stereocenters. The Hall–Kier alpha value is -2.39. The molecule has 0 radical (unpaired) electrons. The lowest BCUT2D eigenvalue weighted by molar-refractivity contribution is 0.0616. The maximum absolute atomic E-state index is 13.8. The normalized spacial score (nSPS) is 20.8. The Balaban J connectivity index is 1.59. The lowest BCUT2D eigenvalue weighted by Crippen LogP contribution is -2.20. The Morgan fingerprint density at radius 2 is 1.65 bits per heavy atom. The van der Waals surface area contributed by atoms with Crippen LogP contribution < -0.4 is 0 Å². The standard InChI is InChI=1S/C28H33NO2/c1-27(2)26(28(27,3)4)25(30)23-18-29(17-19-12-14-31-15-13-19)24-11-10-21(16-22(23)24)20-8-6-5-7-9-20/h5-11,16,18-19,26H,12-15,17H2,1-4H3. The summed E-state index contributed by atoms with van der Waals surface area (Å²) in [7, 11) is 0. The van der Waals surface area contributed by atoms with Gasteiger partial charge in [0.25, 0.3) is 0 Å². The third-order valence-electron chi connectivity index (χ3n) is 8.33. The highest BCUT2D eigenvalue weighted by Crippen LogP contribution is 2.69. The molecule has 0 amide bonds. The molecule has 1 aliphatic heterocycles. The van der Waals surface area contributed by atoms with Gasteiger partial charge in [-0.2, -0.15) is 0 Å². The fourth-order valence-corrected chi connectivity index (χ4v) is 5.67. The predicted molar refractivity (Wildman–Crippen MR) is 126 cm³/mol. The van der Waals surface area contributed by atoms with Crippen LogP contribution in [0, 0.1) is 22.7 Å². The van der Waals surface area contributed by atoms with Gasteiger partial charge >= 0.3 is 0 Å². The number of fused-ring (bicyclic) bond motifs is 1. The molecule has 1 aromatic heterocycles. The number of Topliss-reactive ketones (excluding diaryl/α,β-unsaturated/α-hetero) is 1. The average molecular weight is 416 g/mol. The molecule has 1 saturated heterocycles. The summed E-state index contributed by atoms with van der Waals surface area (Å²) in [5.41, 5.74) is 4.49. The first-order chi connectivity index (χ1) is 14.8. The third-order valence-corrected chi connectivity index (χ3v) is 8.33. The minimum absolute atomic E-state index is 0.0380. The topological polar surface area (TPSA) is 31.2 Å². The Morgan fingerprint density at radius 3 is 2.29 bits per heavy atom. The summed E-state index contributed by atoms with van der Waals surface area (Å²) in [5.74, 6) is 0.980. The minimum atomic E-state index is 0.0380. The molecule has 5 rings (SSSR count). The maximum atomic E-state index is 13.8. The number of ketones is 1. The van der Waals surface area contributed by atoms with E-state index in [1.807, 2.05) is 6.07 Å². The number of rotatable bonds is 5. The monoisotopic (exact) mass is 415 g/mol. The third kappa shape index (κ3) is 3.34. The van der Waals surface area contributed by atoms with Crippen LogP contribution >= 0.6 is 0 Å². The smallest absolute Gasteiger partial charge is 0.169 e. The van der Waals surface area contributed by atoms with Gasteiger partial charge in [-0.1, -0.05) is 64.1 Å². The molecule has 2 aromatic carbocycles. The lowest BCUT2D eigenvalue weighted by atomic mass is 9.98. The number of benzene rings is 2. The van der Waals surface area contributed by atoms with Crippen LogP contribution in [0.2, 0.25) is 0 Å². The summed E-state index contributed by atoms with van der Waals surface area (Å²) in [5, 5.41) is 1.09. The van der Waals surface area contributed by atoms with Crippen molar-refractivity contribution in [1.82, 2.24) is 4.57 Å². The summed E-state index contributed by atoms with van der Waals surface area (Å²) in [6.07, 6.45) is 4.32. The molecule has 1 aliphatic carbocycles. The Morgan fingerprint density at radius 1 is 0.968 bits per heavy atom. The van der Waals surface area contributed by atoms with Crippen LogP contribution in [0.1, 0.15) is 50.9 Å². The second kappa shape index (κ2) is 7.34. The van der Waals surface area contributed by atoms with Gasteiger partial charge in [-0.15, -0.1) is 0 Å². The number of ether oxygens (including phenoxy) is 1. The van der Waals surface area contributed by atoms with Crippen LogP contribution in [0.4, 0.5) is 0 Å². The largest absolute Gasteiger partial charge is 0.381 e. The second-order valence-corrected chi connectivity index (χ2v) is 10.6. The zero-order chi connectivity index (χ0) is 21.8. The molecule has 0 bridgehead atoms. The van der Waals surface area contributed by atoms with E-state index in [-0.39, 0.29) is 16.7 Å². The van der Waals surface area contributed by atoms with Gasteiger partial charge in [-0.05, 0) is 52.8 Å². The maximum Gasteiger partial charge on any atom is 0.169 e. The van der Waals surface area contributed by atoms with Gasteiger partial charge in [0, 0.05) is 48.3 Å². The van der Waals surface area contributed by atoms with Gasteiger partial charge in [0.05, 0.1) is 0 Å². The molecular weight excluding hydrogens is 382 g/mol. The van der Waals surface area contributed by atoms with Crippen LogP contribution in [0.3, 0.4) is 0 Å². The molecular formula is C28H33NO2. The number of carbonyl (C=O) groups excluding carboxylic acids is 1. The highest BCUT2D eigenvalue weighted by molar-refractivity contribution is 6.11. The first kappa shape index (κ1) is 20.5. The summed E-state index contributed by atoms with van der Waals surface area (Å²) < 4.78 is 7.88. The van der Waals surface area contributed by atoms with E-state index in [9.17, 15) is 4.79 Å². The molecule has 2 aliphatic rings. The number of hydrogen-bond donors (Lipinski definition) is 0. The van der Waals surface area contributed by atoms with E-state index in [0.717, 1.165) is 43.5 Å². The fourth-order valence-electron chi connectivity index (χ4n) is 5.67. The van der Waals surface area contributed by atoms with Crippen molar-refractivity contribution in [1.29, 1.82) is 0 Å².